The molecule has 0 spiro atoms. The Kier molecular flexibility index (Phi) is 5.89. The van der Waals surface area contributed by atoms with Gasteiger partial charge in [0.25, 0.3) is 5.69 Å². The summed E-state index contributed by atoms with van der Waals surface area (Å²) < 4.78 is 9.98. The van der Waals surface area contributed by atoms with Crippen molar-refractivity contribution >= 4 is 17.6 Å². The summed E-state index contributed by atoms with van der Waals surface area (Å²) in [5, 5.41) is 13.7. The van der Waals surface area contributed by atoms with Crippen LogP contribution in [0.1, 0.15) is 25.5 Å². The zero-order valence-corrected chi connectivity index (χ0v) is 13.9. The molecule has 0 radical (unpaired) electrons. The van der Waals surface area contributed by atoms with E-state index in [-0.39, 0.29) is 30.0 Å². The summed E-state index contributed by atoms with van der Waals surface area (Å²) in [7, 11) is 0. The molecule has 0 amide bonds. The monoisotopic (exact) mass is 346 g/mol. The van der Waals surface area contributed by atoms with E-state index in [1.807, 2.05) is 0 Å². The van der Waals surface area contributed by atoms with E-state index in [1.165, 1.54) is 24.4 Å². The number of carbonyl (C=O) groups is 2. The molecule has 0 saturated carbocycles. The van der Waals surface area contributed by atoms with Crippen LogP contribution in [0.25, 0.3) is 0 Å². The van der Waals surface area contributed by atoms with Crippen molar-refractivity contribution in [1.29, 1.82) is 0 Å². The van der Waals surface area contributed by atoms with Gasteiger partial charge in [0.15, 0.2) is 0 Å². The molecule has 8 heteroatoms. The first-order valence-corrected chi connectivity index (χ1v) is 7.74. The number of rotatable bonds is 6. The zero-order valence-electron chi connectivity index (χ0n) is 13.9. The van der Waals surface area contributed by atoms with Crippen molar-refractivity contribution in [3.63, 3.8) is 0 Å². The summed E-state index contributed by atoms with van der Waals surface area (Å²) in [6.07, 6.45) is 2.87. The average Bonchev–Trinajstić information content (AvgIpc) is 2.61. The lowest BCUT2D eigenvalue weighted by Gasteiger charge is -2.24. The maximum absolute atomic E-state index is 12.3. The van der Waals surface area contributed by atoms with E-state index in [0.717, 1.165) is 0 Å². The van der Waals surface area contributed by atoms with Crippen molar-refractivity contribution in [2.24, 2.45) is 0 Å². The number of nitro benzene ring substituents is 1. The van der Waals surface area contributed by atoms with Gasteiger partial charge in [-0.2, -0.15) is 0 Å². The molecule has 1 N–H and O–H groups in total. The molecule has 8 nitrogen and oxygen atoms in total. The first kappa shape index (κ1) is 18.2. The molecule has 0 saturated heterocycles. The van der Waals surface area contributed by atoms with Gasteiger partial charge in [-0.15, -0.1) is 0 Å². The van der Waals surface area contributed by atoms with Crippen LogP contribution in [-0.2, 0) is 19.1 Å². The summed E-state index contributed by atoms with van der Waals surface area (Å²) in [6.45, 7) is 3.76. The number of ether oxygens (including phenoxy) is 2. The summed E-state index contributed by atoms with van der Waals surface area (Å²) in [6, 6.07) is 5.21. The molecule has 2 rings (SSSR count). The molecular weight excluding hydrogens is 328 g/mol. The number of dihydropyridines is 1. The molecule has 0 fully saturated rings. The van der Waals surface area contributed by atoms with Gasteiger partial charge in [-0.1, -0.05) is 0 Å². The second-order valence-corrected chi connectivity index (χ2v) is 5.09. The standard InChI is InChI=1S/C17H18N2O6/c1-3-24-16(20)12-9-14(17(21)25-4-2)15(18-10-12)11-5-7-13(8-6-11)19(22)23/h5-10,15,18H,3-4H2,1-2H3. The first-order valence-electron chi connectivity index (χ1n) is 7.74. The Bertz CT molecular complexity index is 736. The molecule has 0 aromatic heterocycles. The average molecular weight is 346 g/mol. The van der Waals surface area contributed by atoms with Crippen molar-refractivity contribution in [1.82, 2.24) is 5.32 Å². The fourth-order valence-electron chi connectivity index (χ4n) is 2.34. The number of nitro groups is 1. The normalized spacial score (nSPS) is 16.2. The van der Waals surface area contributed by atoms with E-state index in [2.05, 4.69) is 5.32 Å². The molecular formula is C17H18N2O6. The van der Waals surface area contributed by atoms with E-state index in [1.54, 1.807) is 26.0 Å². The summed E-state index contributed by atoms with van der Waals surface area (Å²) in [5.41, 5.74) is 0.998. The third-order valence-electron chi connectivity index (χ3n) is 3.49. The molecule has 1 heterocycles. The van der Waals surface area contributed by atoms with Gasteiger partial charge in [0, 0.05) is 18.3 Å². The number of carbonyl (C=O) groups excluding carboxylic acids is 2. The lowest BCUT2D eigenvalue weighted by Crippen LogP contribution is -2.28. The molecule has 1 atom stereocenters. The minimum absolute atomic E-state index is 0.0519. The van der Waals surface area contributed by atoms with Gasteiger partial charge < -0.3 is 14.8 Å². The summed E-state index contributed by atoms with van der Waals surface area (Å²) >= 11 is 0. The zero-order chi connectivity index (χ0) is 18.4. The summed E-state index contributed by atoms with van der Waals surface area (Å²) in [4.78, 5) is 34.4. The highest BCUT2D eigenvalue weighted by atomic mass is 16.6. The lowest BCUT2D eigenvalue weighted by molar-refractivity contribution is -0.384. The second-order valence-electron chi connectivity index (χ2n) is 5.09. The van der Waals surface area contributed by atoms with Crippen LogP contribution in [0.2, 0.25) is 0 Å². The van der Waals surface area contributed by atoms with Crippen LogP contribution in [0.3, 0.4) is 0 Å². The number of hydrogen-bond acceptors (Lipinski definition) is 7. The highest BCUT2D eigenvalue weighted by Crippen LogP contribution is 2.29. The Morgan fingerprint density at radius 1 is 1.12 bits per heavy atom. The van der Waals surface area contributed by atoms with Crippen LogP contribution in [0.4, 0.5) is 5.69 Å². The Morgan fingerprint density at radius 2 is 1.72 bits per heavy atom. The number of nitrogens with one attached hydrogen (secondary N) is 1. The number of nitrogens with zero attached hydrogens (tertiary/aromatic N) is 1. The lowest BCUT2D eigenvalue weighted by atomic mass is 9.94. The molecule has 0 bridgehead atoms. The van der Waals surface area contributed by atoms with E-state index >= 15 is 0 Å². The van der Waals surface area contributed by atoms with E-state index < -0.39 is 22.9 Å². The summed E-state index contributed by atoms with van der Waals surface area (Å²) in [5.74, 6) is -1.13. The Balaban J connectivity index is 2.34. The third-order valence-corrected chi connectivity index (χ3v) is 3.49. The van der Waals surface area contributed by atoms with Gasteiger partial charge in [-0.25, -0.2) is 9.59 Å². The Hall–Kier alpha value is -3.16. The first-order chi connectivity index (χ1) is 12.0. The van der Waals surface area contributed by atoms with Crippen LogP contribution < -0.4 is 5.32 Å². The Morgan fingerprint density at radius 3 is 2.28 bits per heavy atom. The highest BCUT2D eigenvalue weighted by Gasteiger charge is 2.28. The third kappa shape index (κ3) is 4.23. The number of non-ortho nitro benzene ring substituents is 1. The molecule has 1 aromatic rings. The van der Waals surface area contributed by atoms with Crippen LogP contribution in [0.5, 0.6) is 0 Å². The van der Waals surface area contributed by atoms with Crippen molar-refractivity contribution in [2.45, 2.75) is 19.9 Å². The smallest absolute Gasteiger partial charge is 0.339 e. The molecule has 1 aliphatic heterocycles. The van der Waals surface area contributed by atoms with Crippen LogP contribution in [0, 0.1) is 10.1 Å². The quantitative estimate of drug-likeness (QED) is 0.478. The predicted octanol–water partition coefficient (Wildman–Crippen LogP) is 2.18. The molecule has 1 aliphatic rings. The van der Waals surface area contributed by atoms with Gasteiger partial charge in [0.1, 0.15) is 0 Å². The molecule has 25 heavy (non-hydrogen) atoms. The van der Waals surface area contributed by atoms with Gasteiger partial charge in [-0.3, -0.25) is 10.1 Å². The predicted molar refractivity (Wildman–Crippen MR) is 88.4 cm³/mol. The van der Waals surface area contributed by atoms with Crippen LogP contribution >= 0.6 is 0 Å². The number of esters is 2. The van der Waals surface area contributed by atoms with Crippen molar-refractivity contribution < 1.29 is 24.0 Å². The van der Waals surface area contributed by atoms with E-state index in [4.69, 9.17) is 9.47 Å². The number of hydrogen-bond donors (Lipinski definition) is 1. The fourth-order valence-corrected chi connectivity index (χ4v) is 2.34. The van der Waals surface area contributed by atoms with Gasteiger partial charge in [0.05, 0.1) is 35.3 Å². The minimum atomic E-state index is -0.585. The minimum Gasteiger partial charge on any atom is -0.463 e. The molecule has 132 valence electrons. The molecule has 1 aromatic carbocycles. The van der Waals surface area contributed by atoms with Crippen molar-refractivity contribution in [2.75, 3.05) is 13.2 Å². The molecule has 1 unspecified atom stereocenters. The number of benzene rings is 1. The maximum atomic E-state index is 12.3. The SMILES string of the molecule is CCOC(=O)C1=CNC(c2ccc([N+](=O)[O-])cc2)C(C(=O)OCC)=C1. The maximum Gasteiger partial charge on any atom is 0.339 e. The topological polar surface area (TPSA) is 108 Å². The van der Waals surface area contributed by atoms with Gasteiger partial charge in [0.2, 0.25) is 0 Å². The van der Waals surface area contributed by atoms with E-state index in [9.17, 15) is 19.7 Å². The Labute approximate surface area is 144 Å². The molecule has 0 aliphatic carbocycles. The second kappa shape index (κ2) is 8.09. The van der Waals surface area contributed by atoms with Gasteiger partial charge >= 0.3 is 11.9 Å². The fraction of sp³-hybridized carbons (Fsp3) is 0.294. The highest BCUT2D eigenvalue weighted by molar-refractivity contribution is 5.98. The van der Waals surface area contributed by atoms with Crippen LogP contribution in [0.15, 0.2) is 47.7 Å². The van der Waals surface area contributed by atoms with Crippen molar-refractivity contribution in [3.05, 3.63) is 63.4 Å². The van der Waals surface area contributed by atoms with E-state index in [0.29, 0.717) is 5.56 Å². The largest absolute Gasteiger partial charge is 0.463 e. The van der Waals surface area contributed by atoms with Gasteiger partial charge in [-0.05, 0) is 37.6 Å². The van der Waals surface area contributed by atoms with Crippen LogP contribution in [-0.4, -0.2) is 30.1 Å². The van der Waals surface area contributed by atoms with Crippen molar-refractivity contribution in [3.8, 4) is 0 Å².